The molecule has 1 heterocycles. The van der Waals surface area contributed by atoms with E-state index in [2.05, 4.69) is 31.5 Å². The van der Waals surface area contributed by atoms with Crippen LogP contribution >= 0.6 is 15.9 Å². The highest BCUT2D eigenvalue weighted by Gasteiger charge is 2.13. The molecular formula is C14H11BrFN5. The van der Waals surface area contributed by atoms with Crippen molar-refractivity contribution in [1.29, 1.82) is 0 Å². The molecule has 2 aromatic carbocycles. The van der Waals surface area contributed by atoms with Gasteiger partial charge in [-0.1, -0.05) is 22.0 Å². The number of tetrazole rings is 1. The summed E-state index contributed by atoms with van der Waals surface area (Å²) in [5, 5.41) is 11.6. The first-order valence-electron chi connectivity index (χ1n) is 6.16. The Hall–Kier alpha value is -2.28. The van der Waals surface area contributed by atoms with E-state index in [1.165, 1.54) is 10.7 Å². The van der Waals surface area contributed by atoms with Crippen LogP contribution in [0.4, 0.5) is 10.1 Å². The monoisotopic (exact) mass is 347 g/mol. The van der Waals surface area contributed by atoms with Crippen LogP contribution < -0.4 is 5.73 Å². The molecule has 0 aliphatic rings. The van der Waals surface area contributed by atoms with Crippen LogP contribution in [0.5, 0.6) is 0 Å². The average Bonchev–Trinajstić information content (AvgIpc) is 2.90. The van der Waals surface area contributed by atoms with Gasteiger partial charge in [-0.25, -0.2) is 4.39 Å². The molecule has 0 spiro atoms. The molecule has 7 heteroatoms. The van der Waals surface area contributed by atoms with Crippen molar-refractivity contribution in [3.05, 3.63) is 52.3 Å². The van der Waals surface area contributed by atoms with Gasteiger partial charge in [0.2, 0.25) is 0 Å². The molecule has 0 radical (unpaired) electrons. The van der Waals surface area contributed by atoms with E-state index >= 15 is 0 Å². The van der Waals surface area contributed by atoms with E-state index in [1.54, 1.807) is 31.2 Å². The number of nitrogens with zero attached hydrogens (tertiary/aromatic N) is 4. The van der Waals surface area contributed by atoms with Gasteiger partial charge in [-0.2, -0.15) is 4.68 Å². The second kappa shape index (κ2) is 5.25. The third-order valence-corrected chi connectivity index (χ3v) is 3.51. The molecule has 2 N–H and O–H groups in total. The quantitative estimate of drug-likeness (QED) is 0.723. The minimum Gasteiger partial charge on any atom is -0.399 e. The zero-order valence-electron chi connectivity index (χ0n) is 11.1. The van der Waals surface area contributed by atoms with Gasteiger partial charge in [-0.3, -0.25) is 0 Å². The Morgan fingerprint density at radius 3 is 2.71 bits per heavy atom. The zero-order valence-corrected chi connectivity index (χ0v) is 12.7. The summed E-state index contributed by atoms with van der Waals surface area (Å²) >= 11 is 3.38. The fourth-order valence-corrected chi connectivity index (χ4v) is 2.51. The van der Waals surface area contributed by atoms with Gasteiger partial charge < -0.3 is 5.73 Å². The number of anilines is 1. The second-order valence-electron chi connectivity index (χ2n) is 4.62. The summed E-state index contributed by atoms with van der Waals surface area (Å²) < 4.78 is 16.0. The van der Waals surface area contributed by atoms with Crippen molar-refractivity contribution in [2.24, 2.45) is 0 Å². The van der Waals surface area contributed by atoms with E-state index in [0.717, 1.165) is 10.0 Å². The lowest BCUT2D eigenvalue weighted by atomic mass is 10.1. The number of hydrogen-bond acceptors (Lipinski definition) is 4. The van der Waals surface area contributed by atoms with Crippen LogP contribution in [0.15, 0.2) is 40.9 Å². The van der Waals surface area contributed by atoms with Crippen LogP contribution in [0.1, 0.15) is 5.56 Å². The first kappa shape index (κ1) is 13.7. The summed E-state index contributed by atoms with van der Waals surface area (Å²) in [6.45, 7) is 1.70. The van der Waals surface area contributed by atoms with Crippen LogP contribution in [-0.4, -0.2) is 20.2 Å². The highest BCUT2D eigenvalue weighted by molar-refractivity contribution is 9.10. The van der Waals surface area contributed by atoms with Crippen molar-refractivity contribution in [3.8, 4) is 17.1 Å². The van der Waals surface area contributed by atoms with Crippen LogP contribution in [-0.2, 0) is 0 Å². The molecule has 0 aliphatic carbocycles. The zero-order chi connectivity index (χ0) is 15.0. The second-order valence-corrected chi connectivity index (χ2v) is 5.54. The van der Waals surface area contributed by atoms with E-state index in [1.807, 2.05) is 6.07 Å². The lowest BCUT2D eigenvalue weighted by Gasteiger charge is -2.07. The first-order chi connectivity index (χ1) is 10.0. The Bertz CT molecular complexity index is 795. The molecule has 0 saturated carbocycles. The largest absolute Gasteiger partial charge is 0.399 e. The van der Waals surface area contributed by atoms with Gasteiger partial charge in [0.05, 0.1) is 5.69 Å². The molecule has 106 valence electrons. The number of rotatable bonds is 2. The number of nitrogens with two attached hydrogens (primary N) is 1. The summed E-state index contributed by atoms with van der Waals surface area (Å²) in [6, 6.07) is 10.2. The van der Waals surface area contributed by atoms with E-state index in [0.29, 0.717) is 22.8 Å². The number of nitrogen functional groups attached to an aromatic ring is 1. The Balaban J connectivity index is 2.14. The molecule has 5 nitrogen and oxygen atoms in total. The summed E-state index contributed by atoms with van der Waals surface area (Å²) in [5.41, 5.74) is 8.28. The maximum Gasteiger partial charge on any atom is 0.187 e. The number of aryl methyl sites for hydroxylation is 1. The minimum atomic E-state index is -0.303. The summed E-state index contributed by atoms with van der Waals surface area (Å²) in [4.78, 5) is 0. The molecule has 0 aliphatic heterocycles. The molecule has 0 unspecified atom stereocenters. The topological polar surface area (TPSA) is 69.6 Å². The Labute approximate surface area is 128 Å². The highest BCUT2D eigenvalue weighted by Crippen LogP contribution is 2.26. The average molecular weight is 348 g/mol. The van der Waals surface area contributed by atoms with E-state index < -0.39 is 0 Å². The molecule has 0 saturated heterocycles. The number of aromatic nitrogens is 4. The van der Waals surface area contributed by atoms with Gasteiger partial charge in [0.15, 0.2) is 5.82 Å². The number of halogens is 2. The van der Waals surface area contributed by atoms with Gasteiger partial charge >= 0.3 is 0 Å². The van der Waals surface area contributed by atoms with Crippen molar-refractivity contribution >= 4 is 21.6 Å². The number of hydrogen-bond donors (Lipinski definition) is 1. The normalized spacial score (nSPS) is 10.8. The van der Waals surface area contributed by atoms with E-state index in [4.69, 9.17) is 5.73 Å². The third-order valence-electron chi connectivity index (χ3n) is 3.05. The maximum absolute atomic E-state index is 13.7. The highest BCUT2D eigenvalue weighted by atomic mass is 79.9. The molecule has 0 amide bonds. The van der Waals surface area contributed by atoms with Crippen molar-refractivity contribution in [2.75, 3.05) is 5.73 Å². The Morgan fingerprint density at radius 1 is 1.19 bits per heavy atom. The molecule has 0 fully saturated rings. The fraction of sp³-hybridized carbons (Fsp3) is 0.0714. The first-order valence-corrected chi connectivity index (χ1v) is 6.95. The van der Waals surface area contributed by atoms with Crippen LogP contribution in [0, 0.1) is 12.7 Å². The van der Waals surface area contributed by atoms with Crippen LogP contribution in [0.2, 0.25) is 0 Å². The van der Waals surface area contributed by atoms with Crippen molar-refractivity contribution in [3.63, 3.8) is 0 Å². The van der Waals surface area contributed by atoms with Crippen molar-refractivity contribution in [1.82, 2.24) is 20.2 Å². The smallest absolute Gasteiger partial charge is 0.187 e. The van der Waals surface area contributed by atoms with E-state index in [-0.39, 0.29) is 5.82 Å². The maximum atomic E-state index is 13.7. The third kappa shape index (κ3) is 2.64. The van der Waals surface area contributed by atoms with Crippen LogP contribution in [0.25, 0.3) is 17.1 Å². The molecule has 1 aromatic heterocycles. The predicted molar refractivity (Wildman–Crippen MR) is 81.4 cm³/mol. The van der Waals surface area contributed by atoms with Crippen molar-refractivity contribution < 1.29 is 4.39 Å². The predicted octanol–water partition coefficient (Wildman–Crippen LogP) is 3.12. The summed E-state index contributed by atoms with van der Waals surface area (Å²) in [5.74, 6) is 0.189. The molecular weight excluding hydrogens is 337 g/mol. The number of benzene rings is 2. The lowest BCUT2D eigenvalue weighted by Crippen LogP contribution is -2.01. The SMILES string of the molecule is Cc1ccc(-n2nnnc2-c2cc(N)cc(Br)c2)cc1F. The molecule has 0 bridgehead atoms. The fourth-order valence-electron chi connectivity index (χ4n) is 2.00. The molecule has 21 heavy (non-hydrogen) atoms. The van der Waals surface area contributed by atoms with Gasteiger partial charge in [0.25, 0.3) is 0 Å². The van der Waals surface area contributed by atoms with E-state index in [9.17, 15) is 4.39 Å². The van der Waals surface area contributed by atoms with Gasteiger partial charge in [0, 0.05) is 15.7 Å². The van der Waals surface area contributed by atoms with Crippen molar-refractivity contribution in [2.45, 2.75) is 6.92 Å². The Morgan fingerprint density at radius 2 is 2.00 bits per heavy atom. The molecule has 3 rings (SSSR count). The Kier molecular flexibility index (Phi) is 3.42. The van der Waals surface area contributed by atoms with Crippen LogP contribution in [0.3, 0.4) is 0 Å². The summed E-state index contributed by atoms with van der Waals surface area (Å²) in [7, 11) is 0. The standard InChI is InChI=1S/C14H11BrFN5/c1-8-2-3-12(7-13(8)16)21-14(18-19-20-21)9-4-10(15)6-11(17)5-9/h2-7H,17H2,1H3. The lowest BCUT2D eigenvalue weighted by molar-refractivity contribution is 0.615. The van der Waals surface area contributed by atoms with Gasteiger partial charge in [0.1, 0.15) is 5.82 Å². The van der Waals surface area contributed by atoms with Gasteiger partial charge in [-0.05, 0) is 53.2 Å². The molecule has 0 atom stereocenters. The molecule has 3 aromatic rings. The minimum absolute atomic E-state index is 0.303. The van der Waals surface area contributed by atoms with Gasteiger partial charge in [-0.15, -0.1) is 5.10 Å². The summed E-state index contributed by atoms with van der Waals surface area (Å²) in [6.07, 6.45) is 0.